The van der Waals surface area contributed by atoms with Gasteiger partial charge >= 0.3 is 0 Å². The van der Waals surface area contributed by atoms with Gasteiger partial charge in [0.05, 0.1) is 15.7 Å². The minimum Gasteiger partial charge on any atom is -0.246 e. The van der Waals surface area contributed by atoms with Crippen LogP contribution in [0.2, 0.25) is 0 Å². The third-order valence-corrected chi connectivity index (χ3v) is 7.00. The zero-order valence-electron chi connectivity index (χ0n) is 13.8. The number of pyridine rings is 1. The number of rotatable bonds is 1. The molecule has 0 N–H and O–H groups in total. The van der Waals surface area contributed by atoms with E-state index in [1.807, 2.05) is 22.7 Å². The second-order valence-corrected chi connectivity index (χ2v) is 8.45. The average molecular weight is 367 g/mol. The van der Waals surface area contributed by atoms with Crippen LogP contribution in [-0.4, -0.2) is 4.98 Å². The predicted molar refractivity (Wildman–Crippen MR) is 115 cm³/mol. The number of benzene rings is 3. The van der Waals surface area contributed by atoms with Crippen molar-refractivity contribution in [1.82, 2.24) is 4.98 Å². The van der Waals surface area contributed by atoms with Gasteiger partial charge in [-0.3, -0.25) is 0 Å². The molecule has 0 saturated heterocycles. The average Bonchev–Trinajstić information content (AvgIpc) is 3.28. The lowest BCUT2D eigenvalue weighted by molar-refractivity contribution is 1.54. The number of fused-ring (bicyclic) bond motifs is 6. The van der Waals surface area contributed by atoms with Gasteiger partial charge in [-0.1, -0.05) is 48.5 Å². The van der Waals surface area contributed by atoms with Crippen LogP contribution in [0.1, 0.15) is 0 Å². The normalized spacial score (nSPS) is 11.8. The fraction of sp³-hybridized carbons (Fsp3) is 0. The first kappa shape index (κ1) is 14.4. The molecular formula is C23H13NS2. The Bertz CT molecular complexity index is 1420. The van der Waals surface area contributed by atoms with Gasteiger partial charge < -0.3 is 0 Å². The van der Waals surface area contributed by atoms with E-state index < -0.39 is 0 Å². The molecule has 0 bridgehead atoms. The topological polar surface area (TPSA) is 12.9 Å². The molecule has 0 atom stereocenters. The summed E-state index contributed by atoms with van der Waals surface area (Å²) in [5.74, 6) is 0. The van der Waals surface area contributed by atoms with Gasteiger partial charge in [-0.25, -0.2) is 4.98 Å². The van der Waals surface area contributed by atoms with E-state index >= 15 is 0 Å². The van der Waals surface area contributed by atoms with E-state index in [9.17, 15) is 0 Å². The van der Waals surface area contributed by atoms with E-state index in [2.05, 4.69) is 78.2 Å². The van der Waals surface area contributed by atoms with Crippen LogP contribution >= 0.6 is 22.7 Å². The standard InChI is InChI=1S/C23H13NS2/c1-2-6-14(7-3-1)17-13-25-20-11-10-18-16(22(17)20)12-21-23(24-18)15-8-4-5-9-19(15)26-21/h1-13H. The zero-order chi connectivity index (χ0) is 17.1. The van der Waals surface area contributed by atoms with E-state index in [4.69, 9.17) is 4.98 Å². The molecule has 0 amide bonds. The van der Waals surface area contributed by atoms with E-state index in [0.717, 1.165) is 11.0 Å². The molecule has 3 heteroatoms. The molecule has 0 aliphatic heterocycles. The molecule has 1 nitrogen and oxygen atoms in total. The molecule has 6 rings (SSSR count). The maximum atomic E-state index is 5.05. The lowest BCUT2D eigenvalue weighted by Gasteiger charge is -2.04. The van der Waals surface area contributed by atoms with Gasteiger partial charge in [-0.05, 0) is 35.2 Å². The van der Waals surface area contributed by atoms with Crippen molar-refractivity contribution in [2.45, 2.75) is 0 Å². The Labute approximate surface area is 158 Å². The van der Waals surface area contributed by atoms with Crippen molar-refractivity contribution in [2.75, 3.05) is 0 Å². The highest BCUT2D eigenvalue weighted by Crippen LogP contribution is 2.41. The minimum atomic E-state index is 1.07. The number of thiophene rings is 2. The van der Waals surface area contributed by atoms with Crippen molar-refractivity contribution in [3.05, 3.63) is 78.2 Å². The molecule has 26 heavy (non-hydrogen) atoms. The summed E-state index contributed by atoms with van der Waals surface area (Å²) in [6.45, 7) is 0. The molecule has 0 fully saturated rings. The number of aromatic nitrogens is 1. The molecule has 0 radical (unpaired) electrons. The summed E-state index contributed by atoms with van der Waals surface area (Å²) < 4.78 is 3.88. The highest BCUT2D eigenvalue weighted by atomic mass is 32.1. The van der Waals surface area contributed by atoms with Gasteiger partial charge in [0.25, 0.3) is 0 Å². The summed E-state index contributed by atoms with van der Waals surface area (Å²) in [6, 6.07) is 25.9. The molecule has 3 aromatic heterocycles. The SMILES string of the molecule is c1ccc(-c2csc3ccc4nc5c(cc4c23)sc2ccccc25)cc1. The van der Waals surface area contributed by atoms with Crippen molar-refractivity contribution in [3.8, 4) is 11.1 Å². The third-order valence-electron chi connectivity index (χ3n) is 4.95. The fourth-order valence-corrected chi connectivity index (χ4v) is 5.81. The van der Waals surface area contributed by atoms with Gasteiger partial charge in [-0.2, -0.15) is 0 Å². The molecule has 0 spiro atoms. The molecule has 0 saturated carbocycles. The lowest BCUT2D eigenvalue weighted by Crippen LogP contribution is -1.82. The van der Waals surface area contributed by atoms with Crippen LogP contribution in [0.15, 0.2) is 78.2 Å². The van der Waals surface area contributed by atoms with Crippen molar-refractivity contribution < 1.29 is 0 Å². The summed E-state index contributed by atoms with van der Waals surface area (Å²) in [4.78, 5) is 5.05. The Balaban J connectivity index is 1.77. The van der Waals surface area contributed by atoms with Gasteiger partial charge in [0.2, 0.25) is 0 Å². The second kappa shape index (κ2) is 5.37. The first-order valence-electron chi connectivity index (χ1n) is 8.56. The van der Waals surface area contributed by atoms with Gasteiger partial charge in [0.1, 0.15) is 0 Å². The van der Waals surface area contributed by atoms with Gasteiger partial charge in [0, 0.05) is 31.1 Å². The monoisotopic (exact) mass is 367 g/mol. The lowest BCUT2D eigenvalue weighted by atomic mass is 10.0. The predicted octanol–water partition coefficient (Wildman–Crippen LogP) is 7.48. The van der Waals surface area contributed by atoms with Crippen LogP contribution in [0.25, 0.3) is 52.4 Å². The Morgan fingerprint density at radius 2 is 1.54 bits per heavy atom. The van der Waals surface area contributed by atoms with Gasteiger partial charge in [-0.15, -0.1) is 22.7 Å². The highest BCUT2D eigenvalue weighted by molar-refractivity contribution is 7.25. The maximum absolute atomic E-state index is 5.05. The largest absolute Gasteiger partial charge is 0.246 e. The molecule has 3 aromatic carbocycles. The van der Waals surface area contributed by atoms with Crippen molar-refractivity contribution >= 4 is 64.0 Å². The van der Waals surface area contributed by atoms with Crippen LogP contribution in [0.5, 0.6) is 0 Å². The summed E-state index contributed by atoms with van der Waals surface area (Å²) in [5.41, 5.74) is 4.76. The first-order valence-corrected chi connectivity index (χ1v) is 10.3. The summed E-state index contributed by atoms with van der Waals surface area (Å²) in [6.07, 6.45) is 0. The van der Waals surface area contributed by atoms with E-state index in [-0.39, 0.29) is 0 Å². The van der Waals surface area contributed by atoms with E-state index in [1.54, 1.807) is 0 Å². The molecule has 122 valence electrons. The summed E-state index contributed by atoms with van der Waals surface area (Å²) >= 11 is 3.64. The maximum Gasteiger partial charge on any atom is 0.0896 e. The Hall–Kier alpha value is -2.75. The molecular weight excluding hydrogens is 354 g/mol. The quantitative estimate of drug-likeness (QED) is 0.293. The van der Waals surface area contributed by atoms with E-state index in [1.165, 1.54) is 41.4 Å². The molecule has 0 aliphatic carbocycles. The fourth-order valence-electron chi connectivity index (χ4n) is 3.74. The Morgan fingerprint density at radius 1 is 0.692 bits per heavy atom. The van der Waals surface area contributed by atoms with Crippen LogP contribution < -0.4 is 0 Å². The second-order valence-electron chi connectivity index (χ2n) is 6.45. The molecule has 0 aliphatic rings. The summed E-state index contributed by atoms with van der Waals surface area (Å²) in [5, 5.41) is 6.10. The number of hydrogen-bond donors (Lipinski definition) is 0. The highest BCUT2D eigenvalue weighted by Gasteiger charge is 2.13. The third kappa shape index (κ3) is 1.99. The summed E-state index contributed by atoms with van der Waals surface area (Å²) in [7, 11) is 0. The number of nitrogens with zero attached hydrogens (tertiary/aromatic N) is 1. The van der Waals surface area contributed by atoms with Crippen LogP contribution in [0, 0.1) is 0 Å². The van der Waals surface area contributed by atoms with Crippen LogP contribution in [0.3, 0.4) is 0 Å². The van der Waals surface area contributed by atoms with Crippen LogP contribution in [0.4, 0.5) is 0 Å². The van der Waals surface area contributed by atoms with E-state index in [0.29, 0.717) is 0 Å². The zero-order valence-corrected chi connectivity index (χ0v) is 15.4. The Morgan fingerprint density at radius 3 is 2.46 bits per heavy atom. The molecule has 6 aromatic rings. The molecule has 0 unspecified atom stereocenters. The first-order chi connectivity index (χ1) is 12.9. The molecule has 3 heterocycles. The van der Waals surface area contributed by atoms with Crippen molar-refractivity contribution in [1.29, 1.82) is 0 Å². The van der Waals surface area contributed by atoms with Gasteiger partial charge in [0.15, 0.2) is 0 Å². The van der Waals surface area contributed by atoms with Crippen LogP contribution in [-0.2, 0) is 0 Å². The van der Waals surface area contributed by atoms with Crippen molar-refractivity contribution in [3.63, 3.8) is 0 Å². The van der Waals surface area contributed by atoms with Crippen molar-refractivity contribution in [2.24, 2.45) is 0 Å². The Kier molecular flexibility index (Phi) is 2.98. The minimum absolute atomic E-state index is 1.07. The number of hydrogen-bond acceptors (Lipinski definition) is 3. The smallest absolute Gasteiger partial charge is 0.0896 e.